The summed E-state index contributed by atoms with van der Waals surface area (Å²) in [7, 11) is 0. The predicted molar refractivity (Wildman–Crippen MR) is 95.8 cm³/mol. The van der Waals surface area contributed by atoms with Crippen LogP contribution in [0.4, 0.5) is 0 Å². The third kappa shape index (κ3) is 2.02. The summed E-state index contributed by atoms with van der Waals surface area (Å²) in [5.74, 6) is 4.18. The van der Waals surface area contributed by atoms with Crippen LogP contribution in [0.25, 0.3) is 0 Å². The van der Waals surface area contributed by atoms with Gasteiger partial charge in [-0.25, -0.2) is 0 Å². The Kier molecular flexibility index (Phi) is 3.57. The zero-order chi connectivity index (χ0) is 15.7. The van der Waals surface area contributed by atoms with Crippen molar-refractivity contribution in [3.63, 3.8) is 0 Å². The number of fused-ring (bicyclic) bond motifs is 4. The highest BCUT2D eigenvalue weighted by Crippen LogP contribution is 2.58. The van der Waals surface area contributed by atoms with E-state index >= 15 is 0 Å². The first-order valence-corrected chi connectivity index (χ1v) is 11.3. The maximum Gasteiger partial charge on any atom is 0.0737 e. The number of hydrogen-bond acceptors (Lipinski definition) is 2. The molecular formula is C22H35NO. The van der Waals surface area contributed by atoms with Crippen molar-refractivity contribution in [2.45, 2.75) is 114 Å². The highest BCUT2D eigenvalue weighted by molar-refractivity contribution is 5.12. The molecule has 4 aliphatic carbocycles. The maximum absolute atomic E-state index is 6.81. The van der Waals surface area contributed by atoms with Gasteiger partial charge in [0, 0.05) is 18.1 Å². The summed E-state index contributed by atoms with van der Waals surface area (Å²) in [6.07, 6.45) is 20.3. The lowest BCUT2D eigenvalue weighted by molar-refractivity contribution is -0.247. The van der Waals surface area contributed by atoms with Crippen molar-refractivity contribution in [2.75, 3.05) is 0 Å². The molecule has 134 valence electrons. The molecule has 0 spiro atoms. The molecule has 0 bridgehead atoms. The summed E-state index contributed by atoms with van der Waals surface area (Å²) in [6, 6.07) is 2.53. The highest BCUT2D eigenvalue weighted by Gasteiger charge is 2.60. The molecule has 9 atom stereocenters. The number of morpholine rings is 1. The highest BCUT2D eigenvalue weighted by atomic mass is 16.5. The standard InChI is InChI=1S/C22H35NO/c1-2-12-19-17(10-1)23-18-11-4-7-14-6-3-8-15(21(14)18)16-9-5-13-20(24-19)22(16)23/h14-22H,1-13H2. The number of piperidine rings is 1. The zero-order valence-corrected chi connectivity index (χ0v) is 15.2. The summed E-state index contributed by atoms with van der Waals surface area (Å²) >= 11 is 0. The van der Waals surface area contributed by atoms with Crippen molar-refractivity contribution in [1.29, 1.82) is 0 Å². The minimum atomic E-state index is 0.583. The average Bonchev–Trinajstić information content (AvgIpc) is 2.64. The van der Waals surface area contributed by atoms with Gasteiger partial charge < -0.3 is 4.74 Å². The lowest BCUT2D eigenvalue weighted by atomic mass is 9.53. The van der Waals surface area contributed by atoms with E-state index in [2.05, 4.69) is 4.90 Å². The summed E-state index contributed by atoms with van der Waals surface area (Å²) in [5.41, 5.74) is 0. The third-order valence-corrected chi connectivity index (χ3v) is 9.19. The quantitative estimate of drug-likeness (QED) is 0.635. The van der Waals surface area contributed by atoms with Crippen molar-refractivity contribution in [3.05, 3.63) is 0 Å². The second-order valence-corrected chi connectivity index (χ2v) is 10.0. The second kappa shape index (κ2) is 5.71. The van der Waals surface area contributed by atoms with Gasteiger partial charge in [-0.1, -0.05) is 44.9 Å². The van der Waals surface area contributed by atoms with Gasteiger partial charge in [-0.15, -0.1) is 0 Å². The first kappa shape index (κ1) is 15.0. The molecule has 0 aromatic rings. The molecule has 0 amide bonds. The van der Waals surface area contributed by atoms with Gasteiger partial charge in [0.1, 0.15) is 0 Å². The molecule has 4 saturated carbocycles. The largest absolute Gasteiger partial charge is 0.372 e. The van der Waals surface area contributed by atoms with E-state index in [0.717, 1.165) is 41.8 Å². The van der Waals surface area contributed by atoms with E-state index in [1.165, 1.54) is 64.2 Å². The maximum atomic E-state index is 6.81. The lowest BCUT2D eigenvalue weighted by Gasteiger charge is -2.67. The van der Waals surface area contributed by atoms with Crippen molar-refractivity contribution in [2.24, 2.45) is 23.7 Å². The van der Waals surface area contributed by atoms with E-state index in [1.54, 1.807) is 19.3 Å². The number of ether oxygens (including phenoxy) is 1. The first-order chi connectivity index (χ1) is 11.9. The van der Waals surface area contributed by atoms with E-state index in [9.17, 15) is 0 Å². The van der Waals surface area contributed by atoms with Crippen LogP contribution < -0.4 is 0 Å². The van der Waals surface area contributed by atoms with Gasteiger partial charge in [0.25, 0.3) is 0 Å². The monoisotopic (exact) mass is 329 g/mol. The molecule has 0 aromatic carbocycles. The molecule has 6 rings (SSSR count). The lowest BCUT2D eigenvalue weighted by Crippen LogP contribution is -2.73. The fraction of sp³-hybridized carbons (Fsp3) is 1.00. The van der Waals surface area contributed by atoms with Crippen LogP contribution in [0.1, 0.15) is 83.5 Å². The molecular weight excluding hydrogens is 294 g/mol. The van der Waals surface area contributed by atoms with Gasteiger partial charge in [-0.3, -0.25) is 4.90 Å². The molecule has 24 heavy (non-hydrogen) atoms. The van der Waals surface area contributed by atoms with E-state index < -0.39 is 0 Å². The molecule has 6 aliphatic rings. The molecule has 6 fully saturated rings. The van der Waals surface area contributed by atoms with Crippen LogP contribution in [0.15, 0.2) is 0 Å². The Morgan fingerprint density at radius 1 is 0.583 bits per heavy atom. The van der Waals surface area contributed by atoms with Crippen molar-refractivity contribution < 1.29 is 4.74 Å². The SMILES string of the molecule is C1CCC2C(C1)OC1CCCC3C4CCCC5CCCC(C54)N2C13. The molecule has 0 N–H and O–H groups in total. The Bertz CT molecular complexity index is 490. The van der Waals surface area contributed by atoms with Crippen LogP contribution in [0.5, 0.6) is 0 Å². The van der Waals surface area contributed by atoms with Crippen LogP contribution in [0.3, 0.4) is 0 Å². The molecule has 0 radical (unpaired) electrons. The molecule has 2 heteroatoms. The Hall–Kier alpha value is -0.0800. The summed E-state index contributed by atoms with van der Waals surface area (Å²) in [5, 5.41) is 0. The van der Waals surface area contributed by atoms with Crippen LogP contribution in [0, 0.1) is 23.7 Å². The van der Waals surface area contributed by atoms with Crippen molar-refractivity contribution in [1.82, 2.24) is 4.90 Å². The van der Waals surface area contributed by atoms with E-state index in [4.69, 9.17) is 4.74 Å². The molecule has 0 aromatic heterocycles. The Balaban J connectivity index is 1.43. The molecule has 2 heterocycles. The van der Waals surface area contributed by atoms with Gasteiger partial charge >= 0.3 is 0 Å². The predicted octanol–water partition coefficient (Wildman–Crippen LogP) is 4.77. The molecule has 2 nitrogen and oxygen atoms in total. The van der Waals surface area contributed by atoms with Crippen LogP contribution in [-0.4, -0.2) is 35.2 Å². The molecule has 9 unspecified atom stereocenters. The van der Waals surface area contributed by atoms with Gasteiger partial charge in [-0.2, -0.15) is 0 Å². The summed E-state index contributed by atoms with van der Waals surface area (Å²) in [6.45, 7) is 0. The second-order valence-electron chi connectivity index (χ2n) is 10.0. The minimum Gasteiger partial charge on any atom is -0.372 e. The van der Waals surface area contributed by atoms with Crippen LogP contribution >= 0.6 is 0 Å². The van der Waals surface area contributed by atoms with E-state index in [-0.39, 0.29) is 0 Å². The molecule has 2 aliphatic heterocycles. The van der Waals surface area contributed by atoms with Crippen molar-refractivity contribution >= 4 is 0 Å². The van der Waals surface area contributed by atoms with E-state index in [0.29, 0.717) is 12.2 Å². The fourth-order valence-corrected chi connectivity index (χ4v) is 8.61. The van der Waals surface area contributed by atoms with Gasteiger partial charge in [0.15, 0.2) is 0 Å². The number of rotatable bonds is 0. The third-order valence-electron chi connectivity index (χ3n) is 9.19. The zero-order valence-electron chi connectivity index (χ0n) is 15.2. The number of nitrogens with zero attached hydrogens (tertiary/aromatic N) is 1. The van der Waals surface area contributed by atoms with Gasteiger partial charge in [0.2, 0.25) is 0 Å². The van der Waals surface area contributed by atoms with E-state index in [1.807, 2.05) is 0 Å². The Labute approximate surface area is 147 Å². The van der Waals surface area contributed by atoms with Gasteiger partial charge in [0.05, 0.1) is 12.2 Å². The van der Waals surface area contributed by atoms with Crippen LogP contribution in [-0.2, 0) is 4.74 Å². The topological polar surface area (TPSA) is 12.5 Å². The number of hydrogen-bond donors (Lipinski definition) is 0. The Morgan fingerprint density at radius 2 is 1.29 bits per heavy atom. The van der Waals surface area contributed by atoms with Gasteiger partial charge in [-0.05, 0) is 62.2 Å². The molecule has 2 saturated heterocycles. The average molecular weight is 330 g/mol. The Morgan fingerprint density at radius 3 is 2.25 bits per heavy atom. The minimum absolute atomic E-state index is 0.583. The summed E-state index contributed by atoms with van der Waals surface area (Å²) in [4.78, 5) is 3.17. The summed E-state index contributed by atoms with van der Waals surface area (Å²) < 4.78 is 6.81. The first-order valence-electron chi connectivity index (χ1n) is 11.3. The normalized spacial score (nSPS) is 56.8. The van der Waals surface area contributed by atoms with Crippen molar-refractivity contribution in [3.8, 4) is 0 Å². The smallest absolute Gasteiger partial charge is 0.0737 e. The van der Waals surface area contributed by atoms with Crippen LogP contribution in [0.2, 0.25) is 0 Å². The fourth-order valence-electron chi connectivity index (χ4n) is 8.61.